The third-order valence-corrected chi connectivity index (χ3v) is 3.63. The Kier molecular flexibility index (Phi) is 5.09. The van der Waals surface area contributed by atoms with Gasteiger partial charge in [-0.2, -0.15) is 0 Å². The minimum absolute atomic E-state index is 0.450. The maximum atomic E-state index is 4.46. The SMILES string of the molecule is Cc1cc(C)nc(Sc2ncccc2CNC(C)C)n1. The van der Waals surface area contributed by atoms with E-state index in [-0.39, 0.29) is 0 Å². The standard InChI is InChI=1S/C15H20N4S/c1-10(2)17-9-13-6-5-7-16-14(13)20-15-18-11(3)8-12(4)19-15/h5-8,10,17H,9H2,1-4H3. The number of aromatic nitrogens is 3. The van der Waals surface area contributed by atoms with E-state index < -0.39 is 0 Å². The van der Waals surface area contributed by atoms with Crippen LogP contribution < -0.4 is 5.32 Å². The van der Waals surface area contributed by atoms with Gasteiger partial charge in [0.15, 0.2) is 5.16 Å². The van der Waals surface area contributed by atoms with Crippen LogP contribution in [0.25, 0.3) is 0 Å². The second kappa shape index (κ2) is 6.81. The average molecular weight is 288 g/mol. The molecule has 4 nitrogen and oxygen atoms in total. The normalized spacial score (nSPS) is 11.1. The molecular weight excluding hydrogens is 268 g/mol. The van der Waals surface area contributed by atoms with Gasteiger partial charge in [0.1, 0.15) is 5.03 Å². The lowest BCUT2D eigenvalue weighted by atomic mass is 10.2. The first-order chi connectivity index (χ1) is 9.54. The monoisotopic (exact) mass is 288 g/mol. The van der Waals surface area contributed by atoms with E-state index >= 15 is 0 Å². The molecule has 106 valence electrons. The number of aryl methyl sites for hydroxylation is 2. The molecule has 0 unspecified atom stereocenters. The topological polar surface area (TPSA) is 50.7 Å². The van der Waals surface area contributed by atoms with E-state index in [1.165, 1.54) is 17.3 Å². The predicted octanol–water partition coefficient (Wildman–Crippen LogP) is 3.14. The molecule has 0 saturated carbocycles. The van der Waals surface area contributed by atoms with Crippen LogP contribution in [-0.2, 0) is 6.54 Å². The highest BCUT2D eigenvalue weighted by atomic mass is 32.2. The molecule has 0 aromatic carbocycles. The van der Waals surface area contributed by atoms with Gasteiger partial charge in [-0.05, 0) is 43.3 Å². The first kappa shape index (κ1) is 14.9. The Labute approximate surface area is 124 Å². The zero-order valence-corrected chi connectivity index (χ0v) is 13.2. The van der Waals surface area contributed by atoms with Crippen LogP contribution >= 0.6 is 11.8 Å². The molecule has 0 aliphatic heterocycles. The first-order valence-electron chi connectivity index (χ1n) is 6.72. The molecule has 0 radical (unpaired) electrons. The van der Waals surface area contributed by atoms with E-state index in [2.05, 4.69) is 40.2 Å². The van der Waals surface area contributed by atoms with Gasteiger partial charge in [0.2, 0.25) is 0 Å². The van der Waals surface area contributed by atoms with Crippen molar-refractivity contribution < 1.29 is 0 Å². The summed E-state index contributed by atoms with van der Waals surface area (Å²) in [6, 6.07) is 6.48. The minimum atomic E-state index is 0.450. The summed E-state index contributed by atoms with van der Waals surface area (Å²) in [5.41, 5.74) is 3.14. The fourth-order valence-corrected chi connectivity index (χ4v) is 2.73. The molecule has 5 heteroatoms. The largest absolute Gasteiger partial charge is 0.310 e. The van der Waals surface area contributed by atoms with Gasteiger partial charge in [0.25, 0.3) is 0 Å². The highest BCUT2D eigenvalue weighted by Gasteiger charge is 2.09. The van der Waals surface area contributed by atoms with Crippen LogP contribution in [0, 0.1) is 13.8 Å². The summed E-state index contributed by atoms with van der Waals surface area (Å²) in [7, 11) is 0. The summed E-state index contributed by atoms with van der Waals surface area (Å²) in [4.78, 5) is 13.4. The molecule has 0 aliphatic carbocycles. The molecule has 2 rings (SSSR count). The maximum absolute atomic E-state index is 4.46. The van der Waals surface area contributed by atoms with Gasteiger partial charge in [-0.15, -0.1) is 0 Å². The van der Waals surface area contributed by atoms with E-state index in [1.54, 1.807) is 0 Å². The molecular formula is C15H20N4S. The van der Waals surface area contributed by atoms with E-state index in [0.29, 0.717) is 6.04 Å². The van der Waals surface area contributed by atoms with Crippen LogP contribution in [-0.4, -0.2) is 21.0 Å². The van der Waals surface area contributed by atoms with E-state index in [4.69, 9.17) is 0 Å². The molecule has 0 saturated heterocycles. The summed E-state index contributed by atoms with van der Waals surface area (Å²) < 4.78 is 0. The van der Waals surface area contributed by atoms with Crippen molar-refractivity contribution in [2.24, 2.45) is 0 Å². The fourth-order valence-electron chi connectivity index (χ4n) is 1.79. The van der Waals surface area contributed by atoms with Crippen molar-refractivity contribution in [3.63, 3.8) is 0 Å². The van der Waals surface area contributed by atoms with Crippen LogP contribution in [0.5, 0.6) is 0 Å². The van der Waals surface area contributed by atoms with Gasteiger partial charge < -0.3 is 5.32 Å². The summed E-state index contributed by atoms with van der Waals surface area (Å²) in [6.45, 7) is 9.04. The molecule has 0 atom stereocenters. The number of hydrogen-bond donors (Lipinski definition) is 1. The predicted molar refractivity (Wildman–Crippen MR) is 81.8 cm³/mol. The van der Waals surface area contributed by atoms with Gasteiger partial charge in [-0.3, -0.25) is 0 Å². The van der Waals surface area contributed by atoms with Crippen LogP contribution in [0.15, 0.2) is 34.6 Å². The van der Waals surface area contributed by atoms with Gasteiger partial charge in [0.05, 0.1) is 0 Å². The molecule has 2 aromatic heterocycles. The van der Waals surface area contributed by atoms with Crippen molar-refractivity contribution in [2.75, 3.05) is 0 Å². The van der Waals surface area contributed by atoms with E-state index in [1.807, 2.05) is 32.2 Å². The summed E-state index contributed by atoms with van der Waals surface area (Å²) in [6.07, 6.45) is 1.81. The molecule has 0 spiro atoms. The van der Waals surface area contributed by atoms with Crippen molar-refractivity contribution in [3.8, 4) is 0 Å². The van der Waals surface area contributed by atoms with Crippen LogP contribution in [0.3, 0.4) is 0 Å². The third kappa shape index (κ3) is 4.28. The number of rotatable bonds is 5. The van der Waals surface area contributed by atoms with Crippen molar-refractivity contribution in [2.45, 2.75) is 50.5 Å². The molecule has 20 heavy (non-hydrogen) atoms. The lowest BCUT2D eigenvalue weighted by Gasteiger charge is -2.11. The Morgan fingerprint density at radius 2 is 1.90 bits per heavy atom. The maximum Gasteiger partial charge on any atom is 0.194 e. The Morgan fingerprint density at radius 1 is 1.20 bits per heavy atom. The Balaban J connectivity index is 2.20. The summed E-state index contributed by atoms with van der Waals surface area (Å²) in [5, 5.41) is 5.14. The summed E-state index contributed by atoms with van der Waals surface area (Å²) in [5.74, 6) is 0. The smallest absolute Gasteiger partial charge is 0.194 e. The zero-order valence-electron chi connectivity index (χ0n) is 12.3. The lowest BCUT2D eigenvalue weighted by Crippen LogP contribution is -2.22. The van der Waals surface area contributed by atoms with Gasteiger partial charge in [0, 0.05) is 30.2 Å². The van der Waals surface area contributed by atoms with Crippen molar-refractivity contribution in [3.05, 3.63) is 41.3 Å². The molecule has 0 amide bonds. The Bertz CT molecular complexity index is 564. The van der Waals surface area contributed by atoms with Crippen molar-refractivity contribution in [1.82, 2.24) is 20.3 Å². The van der Waals surface area contributed by atoms with Crippen LogP contribution in [0.1, 0.15) is 30.8 Å². The highest BCUT2D eigenvalue weighted by Crippen LogP contribution is 2.26. The first-order valence-corrected chi connectivity index (χ1v) is 7.53. The van der Waals surface area contributed by atoms with Gasteiger partial charge in [-0.25, -0.2) is 15.0 Å². The van der Waals surface area contributed by atoms with E-state index in [9.17, 15) is 0 Å². The van der Waals surface area contributed by atoms with Gasteiger partial charge >= 0.3 is 0 Å². The number of pyridine rings is 1. The fraction of sp³-hybridized carbons (Fsp3) is 0.400. The summed E-state index contributed by atoms with van der Waals surface area (Å²) >= 11 is 1.52. The van der Waals surface area contributed by atoms with Crippen LogP contribution in [0.2, 0.25) is 0 Å². The number of nitrogens with one attached hydrogen (secondary N) is 1. The van der Waals surface area contributed by atoms with Crippen LogP contribution in [0.4, 0.5) is 0 Å². The highest BCUT2D eigenvalue weighted by molar-refractivity contribution is 7.99. The van der Waals surface area contributed by atoms with Crippen molar-refractivity contribution >= 4 is 11.8 Å². The van der Waals surface area contributed by atoms with Gasteiger partial charge in [-0.1, -0.05) is 19.9 Å². The molecule has 0 aliphatic rings. The van der Waals surface area contributed by atoms with E-state index in [0.717, 1.165) is 28.1 Å². The Hall–Kier alpha value is -1.46. The average Bonchev–Trinajstić information content (AvgIpc) is 2.36. The molecule has 0 fully saturated rings. The van der Waals surface area contributed by atoms with Crippen molar-refractivity contribution in [1.29, 1.82) is 0 Å². The zero-order chi connectivity index (χ0) is 14.5. The minimum Gasteiger partial charge on any atom is -0.310 e. The molecule has 2 heterocycles. The lowest BCUT2D eigenvalue weighted by molar-refractivity contribution is 0.582. The third-order valence-electron chi connectivity index (χ3n) is 2.70. The molecule has 2 aromatic rings. The second-order valence-corrected chi connectivity index (χ2v) is 5.99. The Morgan fingerprint density at radius 3 is 2.55 bits per heavy atom. The number of hydrogen-bond acceptors (Lipinski definition) is 5. The molecule has 1 N–H and O–H groups in total. The quantitative estimate of drug-likeness (QED) is 0.857. The molecule has 0 bridgehead atoms. The second-order valence-electron chi connectivity index (χ2n) is 5.04. The number of nitrogens with zero attached hydrogens (tertiary/aromatic N) is 3.